The van der Waals surface area contributed by atoms with Gasteiger partial charge in [0.25, 0.3) is 0 Å². The first-order chi connectivity index (χ1) is 25.2. The fraction of sp³-hybridized carbons (Fsp3) is 0.950. The molecule has 8 rings (SSSR count). The predicted octanol–water partition coefficient (Wildman–Crippen LogP) is 2.36. The van der Waals surface area contributed by atoms with Gasteiger partial charge in [0.05, 0.1) is 24.9 Å². The van der Waals surface area contributed by atoms with Gasteiger partial charge in [0.2, 0.25) is 0 Å². The van der Waals surface area contributed by atoms with Crippen LogP contribution < -0.4 is 0 Å². The predicted molar refractivity (Wildman–Crippen MR) is 187 cm³/mol. The largest absolute Gasteiger partial charge is 0.394 e. The molecule has 7 fully saturated rings. The molecular formula is C40H64O13. The number of rotatable bonds is 6. The fourth-order valence-electron chi connectivity index (χ4n) is 12.8. The van der Waals surface area contributed by atoms with Gasteiger partial charge in [-0.05, 0) is 92.8 Å². The number of hydrogen-bond donors (Lipinski definition) is 6. The summed E-state index contributed by atoms with van der Waals surface area (Å²) in [6.07, 6.45) is -2.45. The fourth-order valence-corrected chi connectivity index (χ4v) is 12.8. The summed E-state index contributed by atoms with van der Waals surface area (Å²) in [5, 5.41) is 63.0. The van der Waals surface area contributed by atoms with Gasteiger partial charge in [-0.2, -0.15) is 0 Å². The van der Waals surface area contributed by atoms with Crippen molar-refractivity contribution in [2.75, 3.05) is 13.7 Å². The summed E-state index contributed by atoms with van der Waals surface area (Å²) in [6, 6.07) is 0. The third-order valence-corrected chi connectivity index (χ3v) is 15.9. The molecule has 13 nitrogen and oxygen atoms in total. The maximum atomic E-state index is 11.1. The average Bonchev–Trinajstić information content (AvgIpc) is 3.59. The van der Waals surface area contributed by atoms with Gasteiger partial charge in [-0.25, -0.2) is 0 Å². The first kappa shape index (κ1) is 39.1. The van der Waals surface area contributed by atoms with Crippen molar-refractivity contribution >= 4 is 0 Å². The van der Waals surface area contributed by atoms with Gasteiger partial charge in [-0.3, -0.25) is 0 Å². The maximum Gasteiger partial charge on any atom is 0.187 e. The summed E-state index contributed by atoms with van der Waals surface area (Å²) in [6.45, 7) is 10.5. The van der Waals surface area contributed by atoms with Crippen LogP contribution in [0.3, 0.4) is 0 Å². The van der Waals surface area contributed by atoms with E-state index in [0.29, 0.717) is 41.9 Å². The van der Waals surface area contributed by atoms with Crippen LogP contribution in [-0.4, -0.2) is 130 Å². The molecule has 53 heavy (non-hydrogen) atoms. The lowest BCUT2D eigenvalue weighted by Gasteiger charge is -2.59. The van der Waals surface area contributed by atoms with Crippen molar-refractivity contribution in [1.82, 2.24) is 0 Å². The lowest BCUT2D eigenvalue weighted by atomic mass is 9.47. The second kappa shape index (κ2) is 14.2. The summed E-state index contributed by atoms with van der Waals surface area (Å²) in [5.74, 6) is 2.27. The van der Waals surface area contributed by atoms with E-state index in [9.17, 15) is 30.6 Å². The summed E-state index contributed by atoms with van der Waals surface area (Å²) in [5.41, 5.74) is 1.61. The quantitative estimate of drug-likeness (QED) is 0.218. The maximum absolute atomic E-state index is 11.1. The van der Waals surface area contributed by atoms with Crippen LogP contribution in [0.4, 0.5) is 0 Å². The first-order valence-electron chi connectivity index (χ1n) is 20.4. The molecule has 4 aliphatic carbocycles. The van der Waals surface area contributed by atoms with E-state index in [1.165, 1.54) is 25.3 Å². The SMILES string of the molecule is CO[C@@H]1O[C@]2(CC[C@H]1C)O[C@H]1C[C@H]3[C@@H]4CC=C5C[C@@H](O[C@@H]6O[C@H](CO)[C@@H](O)[C@H](O)[C@H]6O[C@@H]6O[C@@H](C)[C@H](O)[C@@H](O)[C@H]6O)CC[C@]5(C)[C@H]4CC[C@]3(C)[C@H]1[C@@H]2C. The molecule has 302 valence electrons. The van der Waals surface area contributed by atoms with Crippen molar-refractivity contribution in [3.8, 4) is 0 Å². The highest BCUT2D eigenvalue weighted by Gasteiger charge is 2.69. The van der Waals surface area contributed by atoms with E-state index in [4.69, 9.17) is 33.2 Å². The molecule has 22 atom stereocenters. The van der Waals surface area contributed by atoms with Crippen molar-refractivity contribution in [2.24, 2.45) is 46.3 Å². The molecule has 13 heteroatoms. The lowest BCUT2D eigenvalue weighted by Crippen LogP contribution is -2.64. The van der Waals surface area contributed by atoms with E-state index in [0.717, 1.165) is 38.5 Å². The van der Waals surface area contributed by atoms with E-state index in [-0.39, 0.29) is 29.3 Å². The third kappa shape index (κ3) is 6.13. The Balaban J connectivity index is 0.962. The van der Waals surface area contributed by atoms with Gasteiger partial charge >= 0.3 is 0 Å². The number of aliphatic hydroxyl groups is 6. The molecule has 0 bridgehead atoms. The zero-order valence-electron chi connectivity index (χ0n) is 32.2. The molecular weight excluding hydrogens is 688 g/mol. The van der Waals surface area contributed by atoms with Gasteiger partial charge in [0.15, 0.2) is 24.7 Å². The molecule has 4 saturated heterocycles. The Morgan fingerprint density at radius 1 is 0.792 bits per heavy atom. The monoisotopic (exact) mass is 752 g/mol. The Morgan fingerprint density at radius 2 is 1.57 bits per heavy atom. The molecule has 0 aromatic carbocycles. The molecule has 0 radical (unpaired) electrons. The van der Waals surface area contributed by atoms with Crippen LogP contribution in [0.15, 0.2) is 11.6 Å². The Hall–Kier alpha value is -0.780. The zero-order chi connectivity index (χ0) is 37.8. The lowest BCUT2D eigenvalue weighted by molar-refractivity contribution is -0.369. The van der Waals surface area contributed by atoms with E-state index in [1.54, 1.807) is 7.11 Å². The normalized spacial score (nSPS) is 58.0. The smallest absolute Gasteiger partial charge is 0.187 e. The number of fused-ring (bicyclic) bond motifs is 7. The van der Waals surface area contributed by atoms with Crippen molar-refractivity contribution in [3.05, 3.63) is 11.6 Å². The minimum Gasteiger partial charge on any atom is -0.394 e. The van der Waals surface area contributed by atoms with E-state index < -0.39 is 73.8 Å². The van der Waals surface area contributed by atoms with Crippen LogP contribution in [0.1, 0.15) is 92.4 Å². The van der Waals surface area contributed by atoms with Crippen LogP contribution in [0.5, 0.6) is 0 Å². The number of hydrogen-bond acceptors (Lipinski definition) is 13. The van der Waals surface area contributed by atoms with Crippen LogP contribution in [0.2, 0.25) is 0 Å². The van der Waals surface area contributed by atoms with Gasteiger partial charge in [-0.15, -0.1) is 0 Å². The number of aliphatic hydroxyl groups excluding tert-OH is 6. The summed E-state index contributed by atoms with van der Waals surface area (Å²) in [4.78, 5) is 0. The molecule has 3 saturated carbocycles. The molecule has 0 amide bonds. The van der Waals surface area contributed by atoms with Gasteiger partial charge in [0.1, 0.15) is 42.7 Å². The zero-order valence-corrected chi connectivity index (χ0v) is 32.2. The van der Waals surface area contributed by atoms with Gasteiger partial charge < -0.3 is 63.8 Å². The highest BCUT2D eigenvalue weighted by molar-refractivity contribution is 5.26. The molecule has 1 spiro atoms. The Morgan fingerprint density at radius 3 is 2.30 bits per heavy atom. The molecule has 8 aliphatic rings. The van der Waals surface area contributed by atoms with Crippen LogP contribution in [0, 0.1) is 46.3 Å². The van der Waals surface area contributed by atoms with Crippen molar-refractivity contribution in [1.29, 1.82) is 0 Å². The Kier molecular flexibility index (Phi) is 10.5. The average molecular weight is 753 g/mol. The number of ether oxygens (including phenoxy) is 7. The van der Waals surface area contributed by atoms with Crippen LogP contribution in [0.25, 0.3) is 0 Å². The third-order valence-electron chi connectivity index (χ3n) is 15.9. The summed E-state index contributed by atoms with van der Waals surface area (Å²) < 4.78 is 43.6. The highest BCUT2D eigenvalue weighted by atomic mass is 16.8. The topological polar surface area (TPSA) is 186 Å². The van der Waals surface area contributed by atoms with Crippen molar-refractivity contribution in [3.63, 3.8) is 0 Å². The summed E-state index contributed by atoms with van der Waals surface area (Å²) >= 11 is 0. The molecule has 4 aliphatic heterocycles. The van der Waals surface area contributed by atoms with Gasteiger partial charge in [-0.1, -0.05) is 39.3 Å². The molecule has 0 aromatic rings. The Bertz CT molecular complexity index is 1370. The van der Waals surface area contributed by atoms with E-state index in [1.807, 2.05) is 0 Å². The molecule has 6 N–H and O–H groups in total. The van der Waals surface area contributed by atoms with E-state index >= 15 is 0 Å². The van der Waals surface area contributed by atoms with Crippen molar-refractivity contribution in [2.45, 2.75) is 178 Å². The van der Waals surface area contributed by atoms with Gasteiger partial charge in [0, 0.05) is 25.4 Å². The molecule has 0 unspecified atom stereocenters. The molecule has 4 heterocycles. The number of allylic oxidation sites excluding steroid dienone is 1. The van der Waals surface area contributed by atoms with Crippen molar-refractivity contribution < 1.29 is 63.8 Å². The number of methoxy groups -OCH3 is 1. The second-order valence-electron chi connectivity index (χ2n) is 18.5. The molecule has 0 aromatic heterocycles. The second-order valence-corrected chi connectivity index (χ2v) is 18.5. The van der Waals surface area contributed by atoms with Crippen LogP contribution >= 0.6 is 0 Å². The standard InChI is InChI=1S/C40H64O13/c1-18-9-14-40(53-35(18)47-6)19(2)28-26(52-40)16-25-23-8-7-21-15-22(10-12-38(21,4)24(23)11-13-39(25,28)5)49-37-34(32(45)30(43)27(17-41)50-37)51-36-33(46)31(44)29(42)20(3)48-36/h7,18-20,22-37,41-46H,8-17H2,1-6H3/t18-,19+,20+,22+,23-,24+,25+,26+,27-,28+,29+,30-,31-,32+,33-,34-,35-,36+,37-,38+,39+,40+/m1/s1. The minimum absolute atomic E-state index is 0.0314. The Labute approximate surface area is 313 Å². The van der Waals surface area contributed by atoms with Crippen LogP contribution in [-0.2, 0) is 33.2 Å². The summed E-state index contributed by atoms with van der Waals surface area (Å²) in [7, 11) is 1.74. The van der Waals surface area contributed by atoms with E-state index in [2.05, 4.69) is 33.8 Å². The highest BCUT2D eigenvalue weighted by Crippen LogP contribution is 2.71. The first-order valence-corrected chi connectivity index (χ1v) is 20.4. The minimum atomic E-state index is -1.61.